The Bertz CT molecular complexity index is 547. The van der Waals surface area contributed by atoms with Gasteiger partial charge in [-0.2, -0.15) is 0 Å². The minimum atomic E-state index is -0.193. The van der Waals surface area contributed by atoms with E-state index in [0.29, 0.717) is 5.92 Å². The van der Waals surface area contributed by atoms with Crippen LogP contribution in [0.3, 0.4) is 0 Å². The molecule has 2 heteroatoms. The predicted molar refractivity (Wildman–Crippen MR) is 71.0 cm³/mol. The molecule has 0 amide bonds. The molecule has 1 nitrogen and oxygen atoms in total. The number of hydrogen-bond acceptors (Lipinski definition) is 1. The van der Waals surface area contributed by atoms with Gasteiger partial charge in [0.05, 0.1) is 0 Å². The van der Waals surface area contributed by atoms with E-state index in [4.69, 9.17) is 5.73 Å². The molecule has 0 spiro atoms. The van der Waals surface area contributed by atoms with Crippen LogP contribution in [0.5, 0.6) is 0 Å². The van der Waals surface area contributed by atoms with Gasteiger partial charge in [-0.25, -0.2) is 4.39 Å². The Morgan fingerprint density at radius 1 is 1.11 bits per heavy atom. The lowest BCUT2D eigenvalue weighted by molar-refractivity contribution is 0.480. The van der Waals surface area contributed by atoms with Gasteiger partial charge in [0, 0.05) is 12.0 Å². The first-order valence-electron chi connectivity index (χ1n) is 6.32. The summed E-state index contributed by atoms with van der Waals surface area (Å²) in [5.41, 5.74) is 10.2. The van der Waals surface area contributed by atoms with Crippen LogP contribution in [0.4, 0.5) is 4.39 Å². The third-order valence-corrected chi connectivity index (χ3v) is 3.80. The van der Waals surface area contributed by atoms with Crippen LogP contribution in [0.1, 0.15) is 22.6 Å². The summed E-state index contributed by atoms with van der Waals surface area (Å²) in [5.74, 6) is 0.257. The van der Waals surface area contributed by atoms with E-state index in [1.165, 1.54) is 23.3 Å². The average molecular weight is 241 g/mol. The van der Waals surface area contributed by atoms with Crippen molar-refractivity contribution in [3.05, 3.63) is 71.0 Å². The second-order valence-electron chi connectivity index (χ2n) is 5.00. The standard InChI is InChI=1S/C16H16FN/c17-13-7-5-11(6-8-13)9-16(18)15-10-12-3-1-2-4-14(12)15/h1-8,15-16H,9-10,18H2. The summed E-state index contributed by atoms with van der Waals surface area (Å²) in [6, 6.07) is 15.2. The molecule has 0 aliphatic heterocycles. The number of benzene rings is 2. The average Bonchev–Trinajstić information content (AvgIpc) is 2.34. The molecule has 2 atom stereocenters. The second kappa shape index (κ2) is 4.54. The molecule has 0 saturated heterocycles. The van der Waals surface area contributed by atoms with Crippen molar-refractivity contribution in [2.45, 2.75) is 24.8 Å². The maximum atomic E-state index is 12.8. The minimum absolute atomic E-state index is 0.116. The van der Waals surface area contributed by atoms with Crippen LogP contribution in [-0.4, -0.2) is 6.04 Å². The first-order valence-corrected chi connectivity index (χ1v) is 6.32. The molecule has 0 aromatic heterocycles. The number of nitrogens with two attached hydrogens (primary N) is 1. The predicted octanol–water partition coefficient (Wildman–Crippen LogP) is 3.04. The zero-order chi connectivity index (χ0) is 12.5. The Balaban J connectivity index is 1.70. The van der Waals surface area contributed by atoms with Gasteiger partial charge in [0.2, 0.25) is 0 Å². The van der Waals surface area contributed by atoms with E-state index in [1.54, 1.807) is 0 Å². The topological polar surface area (TPSA) is 26.0 Å². The van der Waals surface area contributed by atoms with Crippen molar-refractivity contribution in [1.29, 1.82) is 0 Å². The lowest BCUT2D eigenvalue weighted by Crippen LogP contribution is -2.37. The molecule has 0 radical (unpaired) electrons. The summed E-state index contributed by atoms with van der Waals surface area (Å²) in [6.07, 6.45) is 1.87. The Labute approximate surface area is 106 Å². The summed E-state index contributed by atoms with van der Waals surface area (Å²) in [6.45, 7) is 0. The molecule has 0 fully saturated rings. The van der Waals surface area contributed by atoms with Gasteiger partial charge in [0.25, 0.3) is 0 Å². The molecule has 0 heterocycles. The third kappa shape index (κ3) is 2.04. The highest BCUT2D eigenvalue weighted by Gasteiger charge is 2.30. The summed E-state index contributed by atoms with van der Waals surface area (Å²) < 4.78 is 12.8. The zero-order valence-corrected chi connectivity index (χ0v) is 10.1. The molecule has 92 valence electrons. The zero-order valence-electron chi connectivity index (χ0n) is 10.1. The van der Waals surface area contributed by atoms with Crippen LogP contribution in [-0.2, 0) is 12.8 Å². The van der Waals surface area contributed by atoms with Gasteiger partial charge in [0.15, 0.2) is 0 Å². The Morgan fingerprint density at radius 3 is 2.56 bits per heavy atom. The van der Waals surface area contributed by atoms with Gasteiger partial charge < -0.3 is 5.73 Å². The van der Waals surface area contributed by atoms with Crippen LogP contribution in [0.2, 0.25) is 0 Å². The van der Waals surface area contributed by atoms with Crippen molar-refractivity contribution in [2.75, 3.05) is 0 Å². The van der Waals surface area contributed by atoms with Crippen LogP contribution in [0, 0.1) is 5.82 Å². The first kappa shape index (κ1) is 11.4. The van der Waals surface area contributed by atoms with Crippen LogP contribution >= 0.6 is 0 Å². The minimum Gasteiger partial charge on any atom is -0.327 e. The molecule has 0 bridgehead atoms. The Morgan fingerprint density at radius 2 is 1.83 bits per heavy atom. The molecular weight excluding hydrogens is 225 g/mol. The number of rotatable bonds is 3. The molecule has 2 aromatic rings. The lowest BCUT2D eigenvalue weighted by Gasteiger charge is -2.34. The van der Waals surface area contributed by atoms with E-state index in [0.717, 1.165) is 18.4 Å². The summed E-state index contributed by atoms with van der Waals surface area (Å²) in [4.78, 5) is 0. The summed E-state index contributed by atoms with van der Waals surface area (Å²) in [7, 11) is 0. The largest absolute Gasteiger partial charge is 0.327 e. The van der Waals surface area contributed by atoms with Gasteiger partial charge in [0.1, 0.15) is 5.82 Å². The third-order valence-electron chi connectivity index (χ3n) is 3.80. The van der Waals surface area contributed by atoms with E-state index in [-0.39, 0.29) is 11.9 Å². The fraction of sp³-hybridized carbons (Fsp3) is 0.250. The highest BCUT2D eigenvalue weighted by molar-refractivity contribution is 5.41. The molecule has 1 aliphatic carbocycles. The Kier molecular flexibility index (Phi) is 2.88. The van der Waals surface area contributed by atoms with Crippen LogP contribution < -0.4 is 5.73 Å². The smallest absolute Gasteiger partial charge is 0.123 e. The quantitative estimate of drug-likeness (QED) is 0.878. The van der Waals surface area contributed by atoms with Gasteiger partial charge in [-0.15, -0.1) is 0 Å². The SMILES string of the molecule is NC(Cc1ccc(F)cc1)C1Cc2ccccc21. The van der Waals surface area contributed by atoms with E-state index in [2.05, 4.69) is 24.3 Å². The molecule has 2 unspecified atom stereocenters. The normalized spacial score (nSPS) is 18.9. The highest BCUT2D eigenvalue weighted by atomic mass is 19.1. The lowest BCUT2D eigenvalue weighted by atomic mass is 9.72. The monoisotopic (exact) mass is 241 g/mol. The first-order chi connectivity index (χ1) is 8.74. The summed E-state index contributed by atoms with van der Waals surface area (Å²) >= 11 is 0. The van der Waals surface area contributed by atoms with Crippen LogP contribution in [0.25, 0.3) is 0 Å². The molecule has 2 N–H and O–H groups in total. The van der Waals surface area contributed by atoms with Gasteiger partial charge >= 0.3 is 0 Å². The van der Waals surface area contributed by atoms with Crippen molar-refractivity contribution in [1.82, 2.24) is 0 Å². The molecule has 18 heavy (non-hydrogen) atoms. The Hall–Kier alpha value is -1.67. The van der Waals surface area contributed by atoms with E-state index >= 15 is 0 Å². The van der Waals surface area contributed by atoms with E-state index in [1.807, 2.05) is 12.1 Å². The number of fused-ring (bicyclic) bond motifs is 1. The number of halogens is 1. The van der Waals surface area contributed by atoms with Crippen molar-refractivity contribution in [3.8, 4) is 0 Å². The summed E-state index contributed by atoms with van der Waals surface area (Å²) in [5, 5.41) is 0. The van der Waals surface area contributed by atoms with E-state index in [9.17, 15) is 4.39 Å². The highest BCUT2D eigenvalue weighted by Crippen LogP contribution is 2.37. The molecule has 2 aromatic carbocycles. The molecule has 0 saturated carbocycles. The van der Waals surface area contributed by atoms with E-state index < -0.39 is 0 Å². The fourth-order valence-corrected chi connectivity index (χ4v) is 2.71. The second-order valence-corrected chi connectivity index (χ2v) is 5.00. The van der Waals surface area contributed by atoms with Crippen LogP contribution in [0.15, 0.2) is 48.5 Å². The van der Waals surface area contributed by atoms with Crippen molar-refractivity contribution < 1.29 is 4.39 Å². The van der Waals surface area contributed by atoms with Gasteiger partial charge in [-0.1, -0.05) is 36.4 Å². The molecular formula is C16H16FN. The fourth-order valence-electron chi connectivity index (χ4n) is 2.71. The molecule has 1 aliphatic rings. The van der Waals surface area contributed by atoms with Gasteiger partial charge in [-0.05, 0) is 41.7 Å². The molecule has 3 rings (SSSR count). The van der Waals surface area contributed by atoms with Crippen molar-refractivity contribution in [3.63, 3.8) is 0 Å². The maximum Gasteiger partial charge on any atom is 0.123 e. The van der Waals surface area contributed by atoms with Crippen molar-refractivity contribution >= 4 is 0 Å². The maximum absolute atomic E-state index is 12.8. The van der Waals surface area contributed by atoms with Crippen molar-refractivity contribution in [2.24, 2.45) is 5.73 Å². The number of hydrogen-bond donors (Lipinski definition) is 1. The van der Waals surface area contributed by atoms with Gasteiger partial charge in [-0.3, -0.25) is 0 Å².